The molecule has 1 amide bonds. The summed E-state index contributed by atoms with van der Waals surface area (Å²) in [5, 5.41) is 12.2. The van der Waals surface area contributed by atoms with Crippen molar-refractivity contribution in [1.29, 1.82) is 0 Å². The molecule has 0 saturated carbocycles. The van der Waals surface area contributed by atoms with Crippen LogP contribution in [0.15, 0.2) is 10.6 Å². The second-order valence-corrected chi connectivity index (χ2v) is 5.34. The topological polar surface area (TPSA) is 83.6 Å². The maximum atomic E-state index is 12.1. The van der Waals surface area contributed by atoms with E-state index in [0.717, 1.165) is 12.8 Å². The maximum absolute atomic E-state index is 12.1. The van der Waals surface area contributed by atoms with Gasteiger partial charge in [0.2, 0.25) is 5.76 Å². The second kappa shape index (κ2) is 4.44. The SMILES string of the molecule is CC1(C)CCN(C(=O)c2cc(C(=O)O)on2)CC1. The molecule has 1 aromatic heterocycles. The van der Waals surface area contributed by atoms with E-state index in [1.807, 2.05) is 0 Å². The predicted molar refractivity (Wildman–Crippen MR) is 62.4 cm³/mol. The van der Waals surface area contributed by atoms with Gasteiger partial charge in [0.1, 0.15) is 0 Å². The number of aromatic nitrogens is 1. The first kappa shape index (κ1) is 12.6. The van der Waals surface area contributed by atoms with E-state index in [9.17, 15) is 9.59 Å². The Hall–Kier alpha value is -1.85. The van der Waals surface area contributed by atoms with Crippen LogP contribution in [-0.4, -0.2) is 40.1 Å². The first-order chi connectivity index (χ1) is 8.39. The molecule has 2 rings (SSSR count). The van der Waals surface area contributed by atoms with Crippen molar-refractivity contribution in [3.63, 3.8) is 0 Å². The lowest BCUT2D eigenvalue weighted by molar-refractivity contribution is 0.0611. The molecule has 98 valence electrons. The Labute approximate surface area is 105 Å². The minimum Gasteiger partial charge on any atom is -0.475 e. The zero-order chi connectivity index (χ0) is 13.3. The van der Waals surface area contributed by atoms with E-state index < -0.39 is 5.97 Å². The van der Waals surface area contributed by atoms with Crippen LogP contribution in [0.3, 0.4) is 0 Å². The van der Waals surface area contributed by atoms with Gasteiger partial charge in [-0.25, -0.2) is 4.79 Å². The summed E-state index contributed by atoms with van der Waals surface area (Å²) < 4.78 is 4.58. The van der Waals surface area contributed by atoms with Crippen LogP contribution in [0.1, 0.15) is 47.7 Å². The molecular weight excluding hydrogens is 236 g/mol. The lowest BCUT2D eigenvalue weighted by Crippen LogP contribution is -2.41. The highest BCUT2D eigenvalue weighted by Crippen LogP contribution is 2.30. The van der Waals surface area contributed by atoms with Crippen molar-refractivity contribution < 1.29 is 19.2 Å². The molecule has 0 aliphatic carbocycles. The van der Waals surface area contributed by atoms with Gasteiger partial charge in [0.15, 0.2) is 5.69 Å². The summed E-state index contributed by atoms with van der Waals surface area (Å²) in [6.45, 7) is 5.68. The highest BCUT2D eigenvalue weighted by atomic mass is 16.5. The Morgan fingerprint density at radius 1 is 1.39 bits per heavy atom. The van der Waals surface area contributed by atoms with Crippen LogP contribution in [0.25, 0.3) is 0 Å². The molecule has 0 aromatic carbocycles. The maximum Gasteiger partial charge on any atom is 0.374 e. The first-order valence-electron chi connectivity index (χ1n) is 5.88. The number of carboxylic acid groups (broad SMARTS) is 1. The Bertz CT molecular complexity index is 468. The van der Waals surface area contributed by atoms with E-state index in [1.54, 1.807) is 4.90 Å². The summed E-state index contributed by atoms with van der Waals surface area (Å²) in [7, 11) is 0. The van der Waals surface area contributed by atoms with E-state index >= 15 is 0 Å². The summed E-state index contributed by atoms with van der Waals surface area (Å²) in [5.41, 5.74) is 0.319. The molecular formula is C12H16N2O4. The fourth-order valence-electron chi connectivity index (χ4n) is 1.95. The summed E-state index contributed by atoms with van der Waals surface area (Å²) in [6.07, 6.45) is 1.87. The van der Waals surface area contributed by atoms with E-state index in [-0.39, 0.29) is 22.8 Å². The Morgan fingerprint density at radius 2 is 2.00 bits per heavy atom. The fourth-order valence-corrected chi connectivity index (χ4v) is 1.95. The molecule has 2 heterocycles. The number of carboxylic acids is 1. The largest absolute Gasteiger partial charge is 0.475 e. The zero-order valence-corrected chi connectivity index (χ0v) is 10.5. The molecule has 0 unspecified atom stereocenters. The average Bonchev–Trinajstić information content (AvgIpc) is 2.77. The van der Waals surface area contributed by atoms with E-state index in [2.05, 4.69) is 23.5 Å². The van der Waals surface area contributed by atoms with Crippen molar-refractivity contribution in [2.45, 2.75) is 26.7 Å². The van der Waals surface area contributed by atoms with Gasteiger partial charge in [-0.1, -0.05) is 19.0 Å². The molecule has 6 nitrogen and oxygen atoms in total. The first-order valence-corrected chi connectivity index (χ1v) is 5.88. The quantitative estimate of drug-likeness (QED) is 0.864. The van der Waals surface area contributed by atoms with Crippen molar-refractivity contribution in [3.8, 4) is 0 Å². The van der Waals surface area contributed by atoms with Gasteiger partial charge in [0.25, 0.3) is 5.91 Å². The third-order valence-electron chi connectivity index (χ3n) is 3.34. The molecule has 0 spiro atoms. The molecule has 6 heteroatoms. The molecule has 1 aromatic rings. The van der Waals surface area contributed by atoms with Crippen LogP contribution in [0, 0.1) is 5.41 Å². The molecule has 18 heavy (non-hydrogen) atoms. The number of carbonyl (C=O) groups excluding carboxylic acids is 1. The number of piperidine rings is 1. The number of aromatic carboxylic acids is 1. The average molecular weight is 252 g/mol. The van der Waals surface area contributed by atoms with Gasteiger partial charge in [0.05, 0.1) is 0 Å². The Morgan fingerprint density at radius 3 is 2.50 bits per heavy atom. The van der Waals surface area contributed by atoms with Gasteiger partial charge in [-0.3, -0.25) is 4.79 Å². The lowest BCUT2D eigenvalue weighted by Gasteiger charge is -2.36. The van der Waals surface area contributed by atoms with E-state index in [0.29, 0.717) is 13.1 Å². The highest BCUT2D eigenvalue weighted by Gasteiger charge is 2.29. The Kier molecular flexibility index (Phi) is 3.11. The molecule has 0 bridgehead atoms. The number of rotatable bonds is 2. The van der Waals surface area contributed by atoms with Crippen molar-refractivity contribution in [2.24, 2.45) is 5.41 Å². The van der Waals surface area contributed by atoms with Crippen LogP contribution >= 0.6 is 0 Å². The van der Waals surface area contributed by atoms with Crippen molar-refractivity contribution >= 4 is 11.9 Å². The van der Waals surface area contributed by atoms with Crippen LogP contribution in [0.5, 0.6) is 0 Å². The van der Waals surface area contributed by atoms with Crippen molar-refractivity contribution in [1.82, 2.24) is 10.1 Å². The smallest absolute Gasteiger partial charge is 0.374 e. The number of hydrogen-bond acceptors (Lipinski definition) is 4. The van der Waals surface area contributed by atoms with Crippen LogP contribution in [0.2, 0.25) is 0 Å². The van der Waals surface area contributed by atoms with Crippen LogP contribution in [0.4, 0.5) is 0 Å². The number of amides is 1. The van der Waals surface area contributed by atoms with Gasteiger partial charge >= 0.3 is 5.97 Å². The number of hydrogen-bond donors (Lipinski definition) is 1. The second-order valence-electron chi connectivity index (χ2n) is 5.34. The standard InChI is InChI=1S/C12H16N2O4/c1-12(2)3-5-14(6-4-12)10(15)8-7-9(11(16)17)18-13-8/h7H,3-6H2,1-2H3,(H,16,17). The molecule has 0 radical (unpaired) electrons. The molecule has 1 aliphatic rings. The number of likely N-dealkylation sites (tertiary alicyclic amines) is 1. The van der Waals surface area contributed by atoms with Gasteiger partial charge < -0.3 is 14.5 Å². The van der Waals surface area contributed by atoms with Gasteiger partial charge in [-0.2, -0.15) is 0 Å². The molecule has 1 N–H and O–H groups in total. The van der Waals surface area contributed by atoms with Gasteiger partial charge in [-0.05, 0) is 18.3 Å². The molecule has 0 atom stereocenters. The Balaban J connectivity index is 2.05. The van der Waals surface area contributed by atoms with Gasteiger partial charge in [0, 0.05) is 19.2 Å². The summed E-state index contributed by atoms with van der Waals surface area (Å²) in [6, 6.07) is 1.17. The lowest BCUT2D eigenvalue weighted by atomic mass is 9.82. The fraction of sp³-hybridized carbons (Fsp3) is 0.583. The van der Waals surface area contributed by atoms with Crippen LogP contribution in [-0.2, 0) is 0 Å². The third-order valence-corrected chi connectivity index (χ3v) is 3.34. The van der Waals surface area contributed by atoms with Crippen molar-refractivity contribution in [2.75, 3.05) is 13.1 Å². The van der Waals surface area contributed by atoms with Gasteiger partial charge in [-0.15, -0.1) is 0 Å². The van der Waals surface area contributed by atoms with E-state index in [1.165, 1.54) is 6.07 Å². The third kappa shape index (κ3) is 2.52. The van der Waals surface area contributed by atoms with Crippen molar-refractivity contribution in [3.05, 3.63) is 17.5 Å². The molecule has 1 saturated heterocycles. The molecule has 1 aliphatic heterocycles. The molecule has 1 fully saturated rings. The number of nitrogens with zero attached hydrogens (tertiary/aromatic N) is 2. The minimum absolute atomic E-state index is 0.0621. The van der Waals surface area contributed by atoms with E-state index in [4.69, 9.17) is 5.11 Å². The highest BCUT2D eigenvalue weighted by molar-refractivity contribution is 5.94. The zero-order valence-electron chi connectivity index (χ0n) is 10.5. The summed E-state index contributed by atoms with van der Waals surface area (Å²) in [4.78, 5) is 24.4. The van der Waals surface area contributed by atoms with Crippen LogP contribution < -0.4 is 0 Å². The predicted octanol–water partition coefficient (Wildman–Crippen LogP) is 1.64. The number of carbonyl (C=O) groups is 2. The normalized spacial score (nSPS) is 18.7. The monoisotopic (exact) mass is 252 g/mol. The summed E-state index contributed by atoms with van der Waals surface area (Å²) >= 11 is 0. The summed E-state index contributed by atoms with van der Waals surface area (Å²) in [5.74, 6) is -1.79. The minimum atomic E-state index is -1.22.